The second-order valence-corrected chi connectivity index (χ2v) is 8.94. The van der Waals surface area contributed by atoms with Gasteiger partial charge in [0.2, 0.25) is 0 Å². The highest BCUT2D eigenvalue weighted by Crippen LogP contribution is 2.26. The van der Waals surface area contributed by atoms with Gasteiger partial charge in [0.1, 0.15) is 16.4 Å². The standard InChI is InChI=1S/C23H23ClN2O5S/c1-2-31-20-9-7-18(8-10-20)26-32(29,30)22-15-17(6-11-21(22)24)23(28)25-13-12-16-4-3-5-19(27)14-16/h3-11,14-15,26-27H,2,12-13H2,1H3,(H,25,28). The van der Waals surface area contributed by atoms with Gasteiger partial charge in [-0.3, -0.25) is 9.52 Å². The number of halogens is 1. The van der Waals surface area contributed by atoms with Crippen molar-refractivity contribution in [2.24, 2.45) is 0 Å². The first kappa shape index (κ1) is 23.4. The van der Waals surface area contributed by atoms with Gasteiger partial charge in [-0.25, -0.2) is 8.42 Å². The molecule has 0 aromatic heterocycles. The lowest BCUT2D eigenvalue weighted by Gasteiger charge is -2.12. The van der Waals surface area contributed by atoms with Gasteiger partial charge >= 0.3 is 0 Å². The molecule has 3 aromatic carbocycles. The third-order valence-electron chi connectivity index (χ3n) is 4.51. The van der Waals surface area contributed by atoms with Crippen LogP contribution in [0.4, 0.5) is 5.69 Å². The normalized spacial score (nSPS) is 11.1. The molecule has 0 saturated carbocycles. The molecular weight excluding hydrogens is 452 g/mol. The van der Waals surface area contributed by atoms with E-state index in [9.17, 15) is 18.3 Å². The Kier molecular flexibility index (Phi) is 7.61. The van der Waals surface area contributed by atoms with E-state index < -0.39 is 15.9 Å². The van der Waals surface area contributed by atoms with Crippen LogP contribution in [0.25, 0.3) is 0 Å². The fraction of sp³-hybridized carbons (Fsp3) is 0.174. The number of benzene rings is 3. The molecule has 0 radical (unpaired) electrons. The van der Waals surface area contributed by atoms with Gasteiger partial charge in [0.25, 0.3) is 15.9 Å². The molecule has 168 valence electrons. The summed E-state index contributed by atoms with van der Waals surface area (Å²) in [5.41, 5.74) is 1.37. The average Bonchev–Trinajstić information content (AvgIpc) is 2.75. The summed E-state index contributed by atoms with van der Waals surface area (Å²) in [4.78, 5) is 12.3. The molecule has 0 saturated heterocycles. The molecule has 0 atom stereocenters. The summed E-state index contributed by atoms with van der Waals surface area (Å²) in [6, 6.07) is 17.3. The number of rotatable bonds is 9. The predicted molar refractivity (Wildman–Crippen MR) is 124 cm³/mol. The molecule has 0 heterocycles. The molecule has 1 amide bonds. The number of anilines is 1. The Balaban J connectivity index is 1.70. The van der Waals surface area contributed by atoms with Crippen molar-refractivity contribution in [3.05, 3.63) is 82.9 Å². The van der Waals surface area contributed by atoms with E-state index in [1.807, 2.05) is 13.0 Å². The molecule has 3 rings (SSSR count). The lowest BCUT2D eigenvalue weighted by Crippen LogP contribution is -2.26. The molecule has 0 aliphatic heterocycles. The molecule has 3 aromatic rings. The van der Waals surface area contributed by atoms with E-state index in [-0.39, 0.29) is 21.2 Å². The Bertz CT molecular complexity index is 1200. The number of amides is 1. The Hall–Kier alpha value is -3.23. The summed E-state index contributed by atoms with van der Waals surface area (Å²) in [6.07, 6.45) is 0.512. The zero-order valence-electron chi connectivity index (χ0n) is 17.3. The molecular formula is C23H23ClN2O5S. The number of ether oxygens (including phenoxy) is 1. The lowest BCUT2D eigenvalue weighted by molar-refractivity contribution is 0.0954. The quantitative estimate of drug-likeness (QED) is 0.430. The summed E-state index contributed by atoms with van der Waals surface area (Å²) in [5, 5.41) is 12.2. The number of nitrogens with one attached hydrogen (secondary N) is 2. The van der Waals surface area contributed by atoms with Crippen molar-refractivity contribution < 1.29 is 23.1 Å². The Morgan fingerprint density at radius 2 is 1.81 bits per heavy atom. The number of aromatic hydroxyl groups is 1. The largest absolute Gasteiger partial charge is 0.508 e. The van der Waals surface area contributed by atoms with Crippen molar-refractivity contribution in [1.82, 2.24) is 5.32 Å². The van der Waals surface area contributed by atoms with Crippen LogP contribution in [0.5, 0.6) is 11.5 Å². The second-order valence-electron chi connectivity index (χ2n) is 6.88. The van der Waals surface area contributed by atoms with E-state index in [0.29, 0.717) is 31.0 Å². The SMILES string of the molecule is CCOc1ccc(NS(=O)(=O)c2cc(C(=O)NCCc3cccc(O)c3)ccc2Cl)cc1. The molecule has 32 heavy (non-hydrogen) atoms. The highest BCUT2D eigenvalue weighted by molar-refractivity contribution is 7.92. The number of hydrogen-bond acceptors (Lipinski definition) is 5. The Morgan fingerprint density at radius 3 is 2.50 bits per heavy atom. The first-order valence-electron chi connectivity index (χ1n) is 9.90. The van der Waals surface area contributed by atoms with Gasteiger partial charge in [-0.1, -0.05) is 23.7 Å². The van der Waals surface area contributed by atoms with Crippen molar-refractivity contribution in [3.8, 4) is 11.5 Å². The Morgan fingerprint density at radius 1 is 1.06 bits per heavy atom. The zero-order chi connectivity index (χ0) is 23.1. The van der Waals surface area contributed by atoms with E-state index in [1.165, 1.54) is 18.2 Å². The molecule has 7 nitrogen and oxygen atoms in total. The number of hydrogen-bond donors (Lipinski definition) is 3. The van der Waals surface area contributed by atoms with Crippen molar-refractivity contribution in [2.75, 3.05) is 17.9 Å². The zero-order valence-corrected chi connectivity index (χ0v) is 18.9. The summed E-state index contributed by atoms with van der Waals surface area (Å²) in [5.74, 6) is 0.346. The van der Waals surface area contributed by atoms with E-state index in [2.05, 4.69) is 10.0 Å². The van der Waals surface area contributed by atoms with Gasteiger partial charge in [0, 0.05) is 17.8 Å². The van der Waals surface area contributed by atoms with Gasteiger partial charge < -0.3 is 15.2 Å². The van der Waals surface area contributed by atoms with Gasteiger partial charge in [-0.2, -0.15) is 0 Å². The molecule has 0 bridgehead atoms. The average molecular weight is 475 g/mol. The highest BCUT2D eigenvalue weighted by Gasteiger charge is 2.20. The molecule has 0 unspecified atom stereocenters. The number of carbonyl (C=O) groups is 1. The fourth-order valence-electron chi connectivity index (χ4n) is 2.98. The minimum atomic E-state index is -4.02. The Labute approximate surface area is 192 Å². The number of carbonyl (C=O) groups excluding carboxylic acids is 1. The second kappa shape index (κ2) is 10.4. The third kappa shape index (κ3) is 6.15. The van der Waals surface area contributed by atoms with Crippen LogP contribution in [0.3, 0.4) is 0 Å². The molecule has 0 spiro atoms. The van der Waals surface area contributed by atoms with Crippen molar-refractivity contribution in [1.29, 1.82) is 0 Å². The van der Waals surface area contributed by atoms with Crippen molar-refractivity contribution in [2.45, 2.75) is 18.2 Å². The minimum absolute atomic E-state index is 0.000234. The van der Waals surface area contributed by atoms with Crippen LogP contribution in [0, 0.1) is 0 Å². The maximum absolute atomic E-state index is 12.9. The van der Waals surface area contributed by atoms with Gasteiger partial charge in [-0.05, 0) is 73.5 Å². The first-order valence-corrected chi connectivity index (χ1v) is 11.8. The third-order valence-corrected chi connectivity index (χ3v) is 6.37. The maximum Gasteiger partial charge on any atom is 0.263 e. The van der Waals surface area contributed by atoms with Crippen LogP contribution in [0.1, 0.15) is 22.8 Å². The van der Waals surface area contributed by atoms with E-state index in [4.69, 9.17) is 16.3 Å². The smallest absolute Gasteiger partial charge is 0.263 e. The predicted octanol–water partition coefficient (Wildman–Crippen LogP) is 4.22. The first-order chi connectivity index (χ1) is 15.3. The van der Waals surface area contributed by atoms with Crippen LogP contribution < -0.4 is 14.8 Å². The number of sulfonamides is 1. The number of phenols is 1. The number of phenolic OH excluding ortho intramolecular Hbond substituents is 1. The van der Waals surface area contributed by atoms with Crippen LogP contribution >= 0.6 is 11.6 Å². The van der Waals surface area contributed by atoms with Crippen LogP contribution in [-0.4, -0.2) is 32.6 Å². The molecule has 0 aliphatic rings. The van der Waals surface area contributed by atoms with Crippen LogP contribution in [0.15, 0.2) is 71.6 Å². The van der Waals surface area contributed by atoms with Crippen LogP contribution in [0.2, 0.25) is 5.02 Å². The highest BCUT2D eigenvalue weighted by atomic mass is 35.5. The summed E-state index contributed by atoms with van der Waals surface area (Å²) in [6.45, 7) is 2.68. The molecule has 3 N–H and O–H groups in total. The molecule has 0 fully saturated rings. The van der Waals surface area contributed by atoms with E-state index in [0.717, 1.165) is 5.56 Å². The van der Waals surface area contributed by atoms with E-state index in [1.54, 1.807) is 42.5 Å². The fourth-order valence-corrected chi connectivity index (χ4v) is 4.57. The van der Waals surface area contributed by atoms with Gasteiger partial charge in [-0.15, -0.1) is 0 Å². The maximum atomic E-state index is 12.9. The minimum Gasteiger partial charge on any atom is -0.508 e. The van der Waals surface area contributed by atoms with Gasteiger partial charge in [0.15, 0.2) is 0 Å². The van der Waals surface area contributed by atoms with Crippen LogP contribution in [-0.2, 0) is 16.4 Å². The van der Waals surface area contributed by atoms with Gasteiger partial charge in [0.05, 0.1) is 11.6 Å². The molecule has 9 heteroatoms. The monoisotopic (exact) mass is 474 g/mol. The summed E-state index contributed by atoms with van der Waals surface area (Å²) < 4.78 is 33.5. The topological polar surface area (TPSA) is 105 Å². The summed E-state index contributed by atoms with van der Waals surface area (Å²) >= 11 is 6.12. The van der Waals surface area contributed by atoms with E-state index >= 15 is 0 Å². The summed E-state index contributed by atoms with van der Waals surface area (Å²) in [7, 11) is -4.02. The van der Waals surface area contributed by atoms with Crippen molar-refractivity contribution >= 4 is 33.2 Å². The molecule has 0 aliphatic carbocycles. The van der Waals surface area contributed by atoms with Crippen molar-refractivity contribution in [3.63, 3.8) is 0 Å². The lowest BCUT2D eigenvalue weighted by atomic mass is 10.1.